The van der Waals surface area contributed by atoms with Crippen molar-refractivity contribution in [2.24, 2.45) is 0 Å². The van der Waals surface area contributed by atoms with E-state index in [1.165, 1.54) is 0 Å². The van der Waals surface area contributed by atoms with E-state index in [2.05, 4.69) is 10.6 Å². The van der Waals surface area contributed by atoms with Crippen LogP contribution in [0.3, 0.4) is 0 Å². The molecular formula is C15H22N2O3. The standard InChI is InChI=1S/C15H22N2O3/c1-4-15(3,10-18)17-13(19)11(2)16-14(20)12-8-6-5-7-9-12/h5-9,11,18H,4,10H2,1-3H3,(H,16,20)(H,17,19). The molecule has 20 heavy (non-hydrogen) atoms. The lowest BCUT2D eigenvalue weighted by Gasteiger charge is -2.29. The highest BCUT2D eigenvalue weighted by molar-refractivity contribution is 5.97. The first kappa shape index (κ1) is 16.2. The fourth-order valence-electron chi connectivity index (χ4n) is 1.58. The minimum atomic E-state index is -0.667. The first-order valence-corrected chi connectivity index (χ1v) is 6.70. The molecule has 0 fully saturated rings. The van der Waals surface area contributed by atoms with Crippen molar-refractivity contribution >= 4 is 11.8 Å². The number of hydrogen-bond acceptors (Lipinski definition) is 3. The Labute approximate surface area is 119 Å². The summed E-state index contributed by atoms with van der Waals surface area (Å²) in [5, 5.41) is 14.7. The minimum Gasteiger partial charge on any atom is -0.394 e. The molecule has 2 amide bonds. The van der Waals surface area contributed by atoms with Gasteiger partial charge in [-0.2, -0.15) is 0 Å². The SMILES string of the molecule is CCC(C)(CO)NC(=O)C(C)NC(=O)c1ccccc1. The second-order valence-electron chi connectivity index (χ2n) is 5.12. The molecule has 0 saturated carbocycles. The van der Waals surface area contributed by atoms with Gasteiger partial charge in [-0.05, 0) is 32.4 Å². The zero-order valence-electron chi connectivity index (χ0n) is 12.1. The van der Waals surface area contributed by atoms with Crippen LogP contribution in [0.2, 0.25) is 0 Å². The van der Waals surface area contributed by atoms with Crippen LogP contribution in [0.5, 0.6) is 0 Å². The monoisotopic (exact) mass is 278 g/mol. The van der Waals surface area contributed by atoms with E-state index in [-0.39, 0.29) is 18.4 Å². The molecule has 1 aromatic rings. The Morgan fingerprint density at radius 2 is 1.90 bits per heavy atom. The molecule has 0 bridgehead atoms. The average molecular weight is 278 g/mol. The highest BCUT2D eigenvalue weighted by Crippen LogP contribution is 2.08. The Morgan fingerprint density at radius 3 is 2.40 bits per heavy atom. The van der Waals surface area contributed by atoms with Gasteiger partial charge < -0.3 is 15.7 Å². The summed E-state index contributed by atoms with van der Waals surface area (Å²) in [6.07, 6.45) is 0.606. The second-order valence-corrected chi connectivity index (χ2v) is 5.12. The van der Waals surface area contributed by atoms with E-state index < -0.39 is 11.6 Å². The summed E-state index contributed by atoms with van der Waals surface area (Å²) in [5.74, 6) is -0.608. The molecule has 0 aromatic heterocycles. The predicted octanol–water partition coefficient (Wildman–Crippen LogP) is 1.08. The van der Waals surface area contributed by atoms with Gasteiger partial charge in [-0.25, -0.2) is 0 Å². The van der Waals surface area contributed by atoms with Crippen molar-refractivity contribution in [2.75, 3.05) is 6.61 Å². The maximum absolute atomic E-state index is 12.0. The van der Waals surface area contributed by atoms with Crippen molar-refractivity contribution in [1.29, 1.82) is 0 Å². The Kier molecular flexibility index (Phi) is 5.70. The number of aliphatic hydroxyl groups excluding tert-OH is 1. The third kappa shape index (κ3) is 4.35. The fraction of sp³-hybridized carbons (Fsp3) is 0.467. The second kappa shape index (κ2) is 7.05. The lowest BCUT2D eigenvalue weighted by molar-refractivity contribution is -0.125. The predicted molar refractivity (Wildman–Crippen MR) is 77.3 cm³/mol. The summed E-state index contributed by atoms with van der Waals surface area (Å²) in [5.41, 5.74) is -0.157. The van der Waals surface area contributed by atoms with Crippen molar-refractivity contribution in [3.05, 3.63) is 35.9 Å². The van der Waals surface area contributed by atoms with Gasteiger partial charge in [0.15, 0.2) is 0 Å². The molecule has 1 rings (SSSR count). The number of nitrogens with one attached hydrogen (secondary N) is 2. The van der Waals surface area contributed by atoms with Gasteiger partial charge in [0.1, 0.15) is 6.04 Å². The van der Waals surface area contributed by atoms with Crippen LogP contribution in [0.15, 0.2) is 30.3 Å². The summed E-state index contributed by atoms with van der Waals surface area (Å²) in [4.78, 5) is 23.9. The molecule has 0 spiro atoms. The smallest absolute Gasteiger partial charge is 0.251 e. The highest BCUT2D eigenvalue weighted by Gasteiger charge is 2.26. The Morgan fingerprint density at radius 1 is 1.30 bits per heavy atom. The first-order chi connectivity index (χ1) is 9.41. The van der Waals surface area contributed by atoms with Gasteiger partial charge in [-0.3, -0.25) is 9.59 Å². The largest absolute Gasteiger partial charge is 0.394 e. The Bertz CT molecular complexity index is 455. The van der Waals surface area contributed by atoms with Gasteiger partial charge in [0, 0.05) is 5.56 Å². The summed E-state index contributed by atoms with van der Waals surface area (Å²) < 4.78 is 0. The van der Waals surface area contributed by atoms with Crippen LogP contribution in [0.4, 0.5) is 0 Å². The molecule has 0 heterocycles. The zero-order valence-corrected chi connectivity index (χ0v) is 12.1. The topological polar surface area (TPSA) is 78.4 Å². The first-order valence-electron chi connectivity index (χ1n) is 6.70. The molecule has 2 atom stereocenters. The van der Waals surface area contributed by atoms with Crippen molar-refractivity contribution in [1.82, 2.24) is 10.6 Å². The number of aliphatic hydroxyl groups is 1. The summed E-state index contributed by atoms with van der Waals surface area (Å²) >= 11 is 0. The molecule has 2 unspecified atom stereocenters. The number of carbonyl (C=O) groups excluding carboxylic acids is 2. The lowest BCUT2D eigenvalue weighted by atomic mass is 10.00. The molecule has 0 aliphatic rings. The van der Waals surface area contributed by atoms with Crippen LogP contribution in [-0.2, 0) is 4.79 Å². The third-order valence-corrected chi connectivity index (χ3v) is 3.33. The summed E-state index contributed by atoms with van der Waals surface area (Å²) in [6.45, 7) is 5.11. The van der Waals surface area contributed by atoms with Crippen LogP contribution < -0.4 is 10.6 Å². The van der Waals surface area contributed by atoms with Crippen molar-refractivity contribution < 1.29 is 14.7 Å². The van der Waals surface area contributed by atoms with E-state index in [1.54, 1.807) is 38.1 Å². The van der Waals surface area contributed by atoms with Gasteiger partial charge in [-0.15, -0.1) is 0 Å². The third-order valence-electron chi connectivity index (χ3n) is 3.33. The highest BCUT2D eigenvalue weighted by atomic mass is 16.3. The van der Waals surface area contributed by atoms with E-state index in [9.17, 15) is 14.7 Å². The maximum Gasteiger partial charge on any atom is 0.251 e. The van der Waals surface area contributed by atoms with Crippen molar-refractivity contribution in [3.63, 3.8) is 0 Å². The van der Waals surface area contributed by atoms with Crippen LogP contribution in [0.25, 0.3) is 0 Å². The maximum atomic E-state index is 12.0. The summed E-state index contributed by atoms with van der Waals surface area (Å²) in [6, 6.07) is 8.05. The van der Waals surface area contributed by atoms with E-state index in [4.69, 9.17) is 0 Å². The van der Waals surface area contributed by atoms with E-state index in [1.807, 2.05) is 13.0 Å². The minimum absolute atomic E-state index is 0.144. The van der Waals surface area contributed by atoms with Gasteiger partial charge in [0.25, 0.3) is 5.91 Å². The van der Waals surface area contributed by atoms with E-state index >= 15 is 0 Å². The number of benzene rings is 1. The Hall–Kier alpha value is -1.88. The van der Waals surface area contributed by atoms with Crippen molar-refractivity contribution in [3.8, 4) is 0 Å². The average Bonchev–Trinajstić information content (AvgIpc) is 2.47. The molecule has 110 valence electrons. The molecule has 3 N–H and O–H groups in total. The van der Waals surface area contributed by atoms with E-state index in [0.29, 0.717) is 12.0 Å². The zero-order chi connectivity index (χ0) is 15.2. The molecule has 0 saturated heterocycles. The number of hydrogen-bond donors (Lipinski definition) is 3. The van der Waals surface area contributed by atoms with E-state index in [0.717, 1.165) is 0 Å². The molecule has 0 aliphatic heterocycles. The molecule has 0 radical (unpaired) electrons. The van der Waals surface area contributed by atoms with Crippen molar-refractivity contribution in [2.45, 2.75) is 38.8 Å². The number of rotatable bonds is 6. The fourth-order valence-corrected chi connectivity index (χ4v) is 1.58. The molecule has 1 aromatic carbocycles. The normalized spacial score (nSPS) is 15.0. The molecular weight excluding hydrogens is 256 g/mol. The van der Waals surface area contributed by atoms with Crippen LogP contribution in [0, 0.1) is 0 Å². The number of amides is 2. The van der Waals surface area contributed by atoms with Gasteiger partial charge in [-0.1, -0.05) is 25.1 Å². The summed E-state index contributed by atoms with van der Waals surface area (Å²) in [7, 11) is 0. The number of carbonyl (C=O) groups is 2. The molecule has 5 nitrogen and oxygen atoms in total. The van der Waals surface area contributed by atoms with Gasteiger partial charge in [0.2, 0.25) is 5.91 Å². The van der Waals surface area contributed by atoms with Crippen LogP contribution in [-0.4, -0.2) is 35.1 Å². The quantitative estimate of drug-likeness (QED) is 0.728. The van der Waals surface area contributed by atoms with Crippen LogP contribution in [0.1, 0.15) is 37.6 Å². The molecule has 5 heteroatoms. The van der Waals surface area contributed by atoms with Gasteiger partial charge in [0.05, 0.1) is 12.1 Å². The lowest BCUT2D eigenvalue weighted by Crippen LogP contribution is -2.54. The Balaban J connectivity index is 2.60. The molecule has 0 aliphatic carbocycles. The van der Waals surface area contributed by atoms with Gasteiger partial charge >= 0.3 is 0 Å². The van der Waals surface area contributed by atoms with Crippen LogP contribution >= 0.6 is 0 Å².